The van der Waals surface area contributed by atoms with Gasteiger partial charge < -0.3 is 11.1 Å². The van der Waals surface area contributed by atoms with Gasteiger partial charge in [0.1, 0.15) is 5.82 Å². The number of fused-ring (bicyclic) bond motifs is 1. The van der Waals surface area contributed by atoms with Crippen LogP contribution < -0.4 is 11.1 Å². The molecule has 0 saturated carbocycles. The van der Waals surface area contributed by atoms with Gasteiger partial charge in [-0.3, -0.25) is 9.59 Å². The summed E-state index contributed by atoms with van der Waals surface area (Å²) < 4.78 is 1.78. The summed E-state index contributed by atoms with van der Waals surface area (Å²) in [4.78, 5) is 28.4. The third-order valence-corrected chi connectivity index (χ3v) is 4.83. The summed E-state index contributed by atoms with van der Waals surface area (Å²) in [5.74, 6) is 0.421. The second-order valence-corrected chi connectivity index (χ2v) is 6.88. The van der Waals surface area contributed by atoms with Crippen molar-refractivity contribution in [1.82, 2.24) is 20.1 Å². The lowest BCUT2D eigenvalue weighted by Gasteiger charge is -2.25. The van der Waals surface area contributed by atoms with E-state index in [0.717, 1.165) is 12.0 Å². The molecule has 0 saturated heterocycles. The lowest BCUT2D eigenvalue weighted by Crippen LogP contribution is -2.37. The third-order valence-electron chi connectivity index (χ3n) is 4.83. The highest BCUT2D eigenvalue weighted by molar-refractivity contribution is 5.97. The number of carbonyl (C=O) groups excluding carboxylic acids is 2. The standard InChI is InChI=1S/C21H21N5O2/c22-18(27)13-19-24-20(26(25-19)11-10-14-6-2-1-3-7-14)17-12-15-8-4-5-9-16(15)21(28)23-17/h1-9,17H,10-13H2,(H2,22,27)(H,23,28)/t17-/m0/s1. The first-order chi connectivity index (χ1) is 13.6. The summed E-state index contributed by atoms with van der Waals surface area (Å²) in [5.41, 5.74) is 8.16. The molecule has 2 heterocycles. The molecule has 4 rings (SSSR count). The summed E-state index contributed by atoms with van der Waals surface area (Å²) in [6, 6.07) is 17.3. The number of rotatable bonds is 6. The van der Waals surface area contributed by atoms with E-state index in [4.69, 9.17) is 5.73 Å². The van der Waals surface area contributed by atoms with Crippen molar-refractivity contribution in [2.45, 2.75) is 31.8 Å². The molecule has 0 radical (unpaired) electrons. The fourth-order valence-electron chi connectivity index (χ4n) is 3.52. The van der Waals surface area contributed by atoms with Crippen molar-refractivity contribution in [2.24, 2.45) is 5.73 Å². The predicted molar refractivity (Wildman–Crippen MR) is 103 cm³/mol. The number of carbonyl (C=O) groups is 2. The van der Waals surface area contributed by atoms with Gasteiger partial charge in [0.15, 0.2) is 5.82 Å². The van der Waals surface area contributed by atoms with E-state index in [9.17, 15) is 9.59 Å². The Bertz CT molecular complexity index is 1010. The summed E-state index contributed by atoms with van der Waals surface area (Å²) in [6.07, 6.45) is 1.37. The van der Waals surface area contributed by atoms with Crippen LogP contribution in [-0.2, 0) is 30.6 Å². The number of nitrogens with zero attached hydrogens (tertiary/aromatic N) is 3. The Morgan fingerprint density at radius 3 is 2.68 bits per heavy atom. The first kappa shape index (κ1) is 17.9. The topological polar surface area (TPSA) is 103 Å². The molecule has 2 aromatic carbocycles. The van der Waals surface area contributed by atoms with Crippen molar-refractivity contribution in [1.29, 1.82) is 0 Å². The average Bonchev–Trinajstić information content (AvgIpc) is 3.09. The van der Waals surface area contributed by atoms with Crippen LogP contribution in [0.3, 0.4) is 0 Å². The van der Waals surface area contributed by atoms with E-state index < -0.39 is 5.91 Å². The van der Waals surface area contributed by atoms with Crippen LogP contribution in [0.5, 0.6) is 0 Å². The van der Waals surface area contributed by atoms with Crippen molar-refractivity contribution in [3.8, 4) is 0 Å². The Morgan fingerprint density at radius 1 is 1.14 bits per heavy atom. The molecular formula is C21H21N5O2. The average molecular weight is 375 g/mol. The smallest absolute Gasteiger partial charge is 0.252 e. The lowest BCUT2D eigenvalue weighted by molar-refractivity contribution is -0.117. The Kier molecular flexibility index (Phi) is 4.89. The minimum absolute atomic E-state index is 0.0252. The molecular weight excluding hydrogens is 354 g/mol. The van der Waals surface area contributed by atoms with Gasteiger partial charge in [0.2, 0.25) is 5.91 Å². The van der Waals surface area contributed by atoms with Crippen LogP contribution in [0, 0.1) is 0 Å². The van der Waals surface area contributed by atoms with Crippen LogP contribution in [0.4, 0.5) is 0 Å². The number of primary amides is 1. The molecule has 3 N–H and O–H groups in total. The highest BCUT2D eigenvalue weighted by atomic mass is 16.2. The van der Waals surface area contributed by atoms with Crippen LogP contribution in [0.25, 0.3) is 0 Å². The van der Waals surface area contributed by atoms with E-state index in [1.807, 2.05) is 42.5 Å². The van der Waals surface area contributed by atoms with E-state index in [0.29, 0.717) is 30.2 Å². The molecule has 1 aliphatic rings. The summed E-state index contributed by atoms with van der Waals surface area (Å²) >= 11 is 0. The van der Waals surface area contributed by atoms with E-state index in [1.165, 1.54) is 5.56 Å². The molecule has 142 valence electrons. The normalized spacial score (nSPS) is 15.7. The molecule has 0 bridgehead atoms. The molecule has 0 aliphatic carbocycles. The van der Waals surface area contributed by atoms with E-state index in [2.05, 4.69) is 27.5 Å². The SMILES string of the molecule is NC(=O)Cc1nc([C@@H]2Cc3ccccc3C(=O)N2)n(CCc2ccccc2)n1. The van der Waals surface area contributed by atoms with E-state index in [-0.39, 0.29) is 18.4 Å². The molecule has 7 heteroatoms. The summed E-state index contributed by atoms with van der Waals surface area (Å²) in [5, 5.41) is 7.49. The second-order valence-electron chi connectivity index (χ2n) is 6.88. The molecule has 7 nitrogen and oxygen atoms in total. The van der Waals surface area contributed by atoms with Gasteiger partial charge in [0, 0.05) is 18.5 Å². The zero-order valence-electron chi connectivity index (χ0n) is 15.3. The van der Waals surface area contributed by atoms with Gasteiger partial charge in [-0.2, -0.15) is 5.10 Å². The summed E-state index contributed by atoms with van der Waals surface area (Å²) in [7, 11) is 0. The predicted octanol–water partition coefficient (Wildman–Crippen LogP) is 1.58. The number of hydrogen-bond acceptors (Lipinski definition) is 4. The molecule has 1 aliphatic heterocycles. The summed E-state index contributed by atoms with van der Waals surface area (Å²) in [6.45, 7) is 0.596. The third kappa shape index (κ3) is 3.78. The second kappa shape index (κ2) is 7.64. The molecule has 2 amide bonds. The fourth-order valence-corrected chi connectivity index (χ4v) is 3.52. The van der Waals surface area contributed by atoms with Crippen LogP contribution in [0.1, 0.15) is 39.2 Å². The molecule has 1 aromatic heterocycles. The molecule has 0 unspecified atom stereocenters. The molecule has 0 spiro atoms. The maximum Gasteiger partial charge on any atom is 0.252 e. The highest BCUT2D eigenvalue weighted by Gasteiger charge is 2.29. The number of aromatic nitrogens is 3. The van der Waals surface area contributed by atoms with E-state index >= 15 is 0 Å². The van der Waals surface area contributed by atoms with Crippen molar-refractivity contribution < 1.29 is 9.59 Å². The van der Waals surface area contributed by atoms with Gasteiger partial charge >= 0.3 is 0 Å². The van der Waals surface area contributed by atoms with Gasteiger partial charge in [-0.15, -0.1) is 0 Å². The quantitative estimate of drug-likeness (QED) is 0.683. The maximum absolute atomic E-state index is 12.5. The number of aryl methyl sites for hydroxylation is 2. The Morgan fingerprint density at radius 2 is 1.89 bits per heavy atom. The van der Waals surface area contributed by atoms with Crippen molar-refractivity contribution >= 4 is 11.8 Å². The van der Waals surface area contributed by atoms with Gasteiger partial charge in [-0.25, -0.2) is 9.67 Å². The minimum atomic E-state index is -0.482. The zero-order valence-corrected chi connectivity index (χ0v) is 15.3. The Hall–Kier alpha value is -3.48. The number of nitrogens with one attached hydrogen (secondary N) is 1. The van der Waals surface area contributed by atoms with Crippen LogP contribution in [0.2, 0.25) is 0 Å². The van der Waals surface area contributed by atoms with Crippen LogP contribution in [-0.4, -0.2) is 26.6 Å². The van der Waals surface area contributed by atoms with Gasteiger partial charge in [-0.1, -0.05) is 48.5 Å². The Balaban J connectivity index is 1.62. The first-order valence-electron chi connectivity index (χ1n) is 9.25. The van der Waals surface area contributed by atoms with Crippen molar-refractivity contribution in [3.05, 3.63) is 82.9 Å². The maximum atomic E-state index is 12.5. The van der Waals surface area contributed by atoms with Gasteiger partial charge in [-0.05, 0) is 23.6 Å². The molecule has 28 heavy (non-hydrogen) atoms. The molecule has 1 atom stereocenters. The number of benzene rings is 2. The minimum Gasteiger partial charge on any atom is -0.369 e. The first-order valence-corrected chi connectivity index (χ1v) is 9.25. The van der Waals surface area contributed by atoms with Crippen LogP contribution in [0.15, 0.2) is 54.6 Å². The Labute approximate surface area is 162 Å². The number of amides is 2. The zero-order chi connectivity index (χ0) is 19.5. The van der Waals surface area contributed by atoms with Gasteiger partial charge in [0.05, 0.1) is 12.5 Å². The van der Waals surface area contributed by atoms with Crippen molar-refractivity contribution in [3.63, 3.8) is 0 Å². The lowest BCUT2D eigenvalue weighted by atomic mass is 9.95. The van der Waals surface area contributed by atoms with E-state index in [1.54, 1.807) is 4.68 Å². The fraction of sp³-hybridized carbons (Fsp3) is 0.238. The van der Waals surface area contributed by atoms with Crippen molar-refractivity contribution in [2.75, 3.05) is 0 Å². The largest absolute Gasteiger partial charge is 0.369 e. The number of hydrogen-bond donors (Lipinski definition) is 2. The van der Waals surface area contributed by atoms with Crippen LogP contribution >= 0.6 is 0 Å². The monoisotopic (exact) mass is 375 g/mol. The number of nitrogens with two attached hydrogens (primary N) is 1. The highest BCUT2D eigenvalue weighted by Crippen LogP contribution is 2.25. The van der Waals surface area contributed by atoms with Gasteiger partial charge in [0.25, 0.3) is 5.91 Å². The molecule has 3 aromatic rings. The molecule has 0 fully saturated rings.